The zero-order valence-electron chi connectivity index (χ0n) is 15.5. The van der Waals surface area contributed by atoms with Crippen molar-refractivity contribution in [3.05, 3.63) is 53.7 Å². The van der Waals surface area contributed by atoms with Gasteiger partial charge in [0, 0.05) is 49.0 Å². The molecule has 0 amide bonds. The highest BCUT2D eigenvalue weighted by Crippen LogP contribution is 2.27. The minimum atomic E-state index is -3.42. The molecule has 4 heterocycles. The lowest BCUT2D eigenvalue weighted by Gasteiger charge is -2.34. The highest BCUT2D eigenvalue weighted by Gasteiger charge is 2.30. The lowest BCUT2D eigenvalue weighted by molar-refractivity contribution is 0.384. The van der Waals surface area contributed by atoms with E-state index in [9.17, 15) is 8.42 Å². The summed E-state index contributed by atoms with van der Waals surface area (Å²) in [5, 5.41) is 8.63. The van der Waals surface area contributed by atoms with Crippen LogP contribution in [0.15, 0.2) is 53.0 Å². The summed E-state index contributed by atoms with van der Waals surface area (Å²) in [6.45, 7) is 4.09. The molecule has 0 aromatic carbocycles. The average molecular weight is 416 g/mol. The lowest BCUT2D eigenvalue weighted by atomic mass is 10.2. The van der Waals surface area contributed by atoms with Crippen LogP contribution in [-0.4, -0.2) is 54.1 Å². The van der Waals surface area contributed by atoms with Gasteiger partial charge in [-0.25, -0.2) is 8.42 Å². The van der Waals surface area contributed by atoms with Crippen LogP contribution in [0.2, 0.25) is 0 Å². The van der Waals surface area contributed by atoms with Crippen molar-refractivity contribution in [2.75, 3.05) is 31.1 Å². The van der Waals surface area contributed by atoms with Gasteiger partial charge in [-0.2, -0.15) is 4.31 Å². The van der Waals surface area contributed by atoms with Gasteiger partial charge in [-0.1, -0.05) is 6.92 Å². The minimum Gasteiger partial charge on any atom is -0.352 e. The molecule has 1 aliphatic rings. The van der Waals surface area contributed by atoms with Gasteiger partial charge in [0.1, 0.15) is 4.21 Å². The normalized spacial score (nSPS) is 15.7. The molecule has 3 aromatic heterocycles. The number of aryl methyl sites for hydroxylation is 1. The Labute approximate surface area is 168 Å². The number of sulfonamides is 1. The number of anilines is 1. The number of rotatable bonds is 5. The summed E-state index contributed by atoms with van der Waals surface area (Å²) >= 11 is 1.36. The maximum Gasteiger partial charge on any atom is 0.252 e. The van der Waals surface area contributed by atoms with E-state index in [1.54, 1.807) is 22.8 Å². The molecule has 146 valence electrons. The Kier molecular flexibility index (Phi) is 5.38. The fourth-order valence-corrected chi connectivity index (χ4v) is 6.01. The van der Waals surface area contributed by atoms with Gasteiger partial charge in [0.15, 0.2) is 5.82 Å². The zero-order valence-corrected chi connectivity index (χ0v) is 17.2. The van der Waals surface area contributed by atoms with Crippen molar-refractivity contribution in [3.8, 4) is 11.3 Å². The lowest BCUT2D eigenvalue weighted by Crippen LogP contribution is -2.48. The first kappa shape index (κ1) is 19.0. The quantitative estimate of drug-likeness (QED) is 0.637. The fourth-order valence-electron chi connectivity index (χ4n) is 3.14. The van der Waals surface area contributed by atoms with Crippen molar-refractivity contribution < 1.29 is 8.42 Å². The van der Waals surface area contributed by atoms with E-state index in [0.717, 1.165) is 28.4 Å². The molecule has 0 spiro atoms. The van der Waals surface area contributed by atoms with Crippen LogP contribution in [0.4, 0.5) is 5.82 Å². The summed E-state index contributed by atoms with van der Waals surface area (Å²) < 4.78 is 27.7. The van der Waals surface area contributed by atoms with E-state index in [2.05, 4.69) is 20.1 Å². The molecule has 0 bridgehead atoms. The summed E-state index contributed by atoms with van der Waals surface area (Å²) in [4.78, 5) is 7.16. The Morgan fingerprint density at radius 1 is 0.964 bits per heavy atom. The Morgan fingerprint density at radius 2 is 1.71 bits per heavy atom. The maximum atomic E-state index is 12.8. The molecule has 4 rings (SSSR count). The van der Waals surface area contributed by atoms with E-state index in [1.807, 2.05) is 37.3 Å². The molecular weight excluding hydrogens is 394 g/mol. The van der Waals surface area contributed by atoms with E-state index in [4.69, 9.17) is 0 Å². The Morgan fingerprint density at radius 3 is 2.32 bits per heavy atom. The highest BCUT2D eigenvalue weighted by molar-refractivity contribution is 7.91. The third kappa shape index (κ3) is 3.78. The first-order valence-electron chi connectivity index (χ1n) is 9.16. The van der Waals surface area contributed by atoms with Crippen molar-refractivity contribution in [2.24, 2.45) is 0 Å². The van der Waals surface area contributed by atoms with Crippen molar-refractivity contribution in [1.82, 2.24) is 19.5 Å². The molecule has 0 saturated carbocycles. The van der Waals surface area contributed by atoms with E-state index < -0.39 is 10.0 Å². The van der Waals surface area contributed by atoms with E-state index in [0.29, 0.717) is 30.4 Å². The molecule has 3 aromatic rings. The summed E-state index contributed by atoms with van der Waals surface area (Å²) in [5.74, 6) is 0.763. The van der Waals surface area contributed by atoms with Gasteiger partial charge in [0.05, 0.1) is 5.69 Å². The van der Waals surface area contributed by atoms with Crippen LogP contribution in [0.5, 0.6) is 0 Å². The topological polar surface area (TPSA) is 79.3 Å². The third-order valence-corrected chi connectivity index (χ3v) is 8.36. The fraction of sp³-hybridized carbons (Fsp3) is 0.316. The van der Waals surface area contributed by atoms with Gasteiger partial charge in [0.2, 0.25) is 0 Å². The largest absolute Gasteiger partial charge is 0.352 e. The second-order valence-electron chi connectivity index (χ2n) is 6.48. The molecule has 0 radical (unpaired) electrons. The molecule has 0 aliphatic carbocycles. The van der Waals surface area contributed by atoms with Crippen molar-refractivity contribution in [1.29, 1.82) is 0 Å². The summed E-state index contributed by atoms with van der Waals surface area (Å²) in [6.07, 6.45) is 4.30. The van der Waals surface area contributed by atoms with Gasteiger partial charge in [-0.3, -0.25) is 4.98 Å². The average Bonchev–Trinajstić information content (AvgIpc) is 3.25. The SMILES string of the molecule is CCc1ccc(S(=O)(=O)N2CCN(c3ccc(-c4ccncc4)nn3)CC2)s1. The maximum absolute atomic E-state index is 12.8. The summed E-state index contributed by atoms with van der Waals surface area (Å²) in [7, 11) is -3.42. The van der Waals surface area contributed by atoms with Crippen LogP contribution in [0.25, 0.3) is 11.3 Å². The number of nitrogens with zero attached hydrogens (tertiary/aromatic N) is 5. The van der Waals surface area contributed by atoms with E-state index in [-0.39, 0.29) is 0 Å². The molecule has 0 N–H and O–H groups in total. The van der Waals surface area contributed by atoms with Crippen LogP contribution in [0.1, 0.15) is 11.8 Å². The molecule has 1 aliphatic heterocycles. The van der Waals surface area contributed by atoms with Crippen LogP contribution in [-0.2, 0) is 16.4 Å². The van der Waals surface area contributed by atoms with Crippen molar-refractivity contribution in [3.63, 3.8) is 0 Å². The second kappa shape index (κ2) is 7.94. The van der Waals surface area contributed by atoms with Crippen molar-refractivity contribution >= 4 is 27.2 Å². The van der Waals surface area contributed by atoms with E-state index >= 15 is 0 Å². The number of pyridine rings is 1. The Bertz CT molecular complexity index is 1030. The van der Waals surface area contributed by atoms with Crippen LogP contribution >= 0.6 is 11.3 Å². The van der Waals surface area contributed by atoms with Crippen LogP contribution < -0.4 is 4.90 Å². The first-order valence-corrected chi connectivity index (χ1v) is 11.4. The summed E-state index contributed by atoms with van der Waals surface area (Å²) in [6, 6.07) is 11.3. The number of hydrogen-bond donors (Lipinski definition) is 0. The predicted octanol–water partition coefficient (Wildman–Crippen LogP) is 2.67. The van der Waals surface area contributed by atoms with Gasteiger partial charge < -0.3 is 4.90 Å². The van der Waals surface area contributed by atoms with Crippen LogP contribution in [0, 0.1) is 0 Å². The first-order chi connectivity index (χ1) is 13.6. The smallest absolute Gasteiger partial charge is 0.252 e. The van der Waals surface area contributed by atoms with Crippen molar-refractivity contribution in [2.45, 2.75) is 17.6 Å². The highest BCUT2D eigenvalue weighted by atomic mass is 32.2. The van der Waals surface area contributed by atoms with Gasteiger partial charge in [0.25, 0.3) is 10.0 Å². The minimum absolute atomic E-state index is 0.430. The molecule has 7 nitrogen and oxygen atoms in total. The molecule has 1 saturated heterocycles. The Hall–Kier alpha value is -2.36. The third-order valence-electron chi connectivity index (χ3n) is 4.77. The standard InChI is InChI=1S/C19H21N5O2S2/c1-2-16-3-6-19(27-16)28(25,26)24-13-11-23(12-14-24)18-5-4-17(21-22-18)15-7-9-20-10-8-15/h3-10H,2,11-14H2,1H3. The van der Waals surface area contributed by atoms with Gasteiger partial charge >= 0.3 is 0 Å². The zero-order chi connectivity index (χ0) is 19.6. The van der Waals surface area contributed by atoms with Gasteiger partial charge in [-0.05, 0) is 42.8 Å². The second-order valence-corrected chi connectivity index (χ2v) is 9.81. The molecular formula is C19H21N5O2S2. The molecule has 1 fully saturated rings. The van der Waals surface area contributed by atoms with E-state index in [1.165, 1.54) is 11.3 Å². The summed E-state index contributed by atoms with van der Waals surface area (Å²) in [5.41, 5.74) is 1.75. The Balaban J connectivity index is 1.42. The van der Waals surface area contributed by atoms with Crippen LogP contribution in [0.3, 0.4) is 0 Å². The molecule has 0 atom stereocenters. The number of thiophene rings is 1. The molecule has 9 heteroatoms. The van der Waals surface area contributed by atoms with Gasteiger partial charge in [-0.15, -0.1) is 21.5 Å². The predicted molar refractivity (Wildman–Crippen MR) is 110 cm³/mol. The number of piperazine rings is 1. The monoisotopic (exact) mass is 415 g/mol. The molecule has 28 heavy (non-hydrogen) atoms. The molecule has 0 unspecified atom stereocenters. The number of hydrogen-bond acceptors (Lipinski definition) is 7. The number of aromatic nitrogens is 3.